The first-order valence-corrected chi connectivity index (χ1v) is 9.66. The number of fused-ring (bicyclic) bond motifs is 1. The van der Waals surface area contributed by atoms with E-state index in [1.54, 1.807) is 40.4 Å². The van der Waals surface area contributed by atoms with E-state index < -0.39 is 0 Å². The Balaban J connectivity index is 1.51. The zero-order valence-corrected chi connectivity index (χ0v) is 15.3. The maximum Gasteiger partial charge on any atom is 0.273 e. The van der Waals surface area contributed by atoms with Crippen LogP contribution in [0.5, 0.6) is 0 Å². The molecule has 0 aliphatic carbocycles. The summed E-state index contributed by atoms with van der Waals surface area (Å²) in [5.41, 5.74) is 0.964. The molecule has 26 heavy (non-hydrogen) atoms. The van der Waals surface area contributed by atoms with E-state index in [2.05, 4.69) is 4.98 Å². The van der Waals surface area contributed by atoms with Crippen LogP contribution in [0.25, 0.3) is 0 Å². The average molecular weight is 373 g/mol. The standard InChI is InChI=1S/C19H20FN3O2S/c1-22-10-16-13(18(22)24)6-4-8-23(16)19(25)15-11-26-17(21-15)9-12-5-2-3-7-14(12)20/h2-3,5,7,11,13,16H,4,6,8-10H2,1H3/t13-,16-/m1/s1. The second-order valence-corrected chi connectivity index (χ2v) is 7.87. The Labute approximate surface area is 155 Å². The summed E-state index contributed by atoms with van der Waals surface area (Å²) in [6.07, 6.45) is 2.05. The van der Waals surface area contributed by atoms with Crippen LogP contribution in [0, 0.1) is 11.7 Å². The zero-order chi connectivity index (χ0) is 18.3. The largest absolute Gasteiger partial charge is 0.343 e. The molecule has 0 N–H and O–H groups in total. The zero-order valence-electron chi connectivity index (χ0n) is 14.5. The number of hydrogen-bond acceptors (Lipinski definition) is 4. The number of hydrogen-bond donors (Lipinski definition) is 0. The van der Waals surface area contributed by atoms with Crippen LogP contribution in [-0.4, -0.2) is 52.8 Å². The van der Waals surface area contributed by atoms with E-state index in [1.807, 2.05) is 0 Å². The molecule has 0 saturated carbocycles. The number of carbonyl (C=O) groups is 2. The lowest BCUT2D eigenvalue weighted by molar-refractivity contribution is -0.130. The van der Waals surface area contributed by atoms with E-state index >= 15 is 0 Å². The Morgan fingerprint density at radius 3 is 3.00 bits per heavy atom. The fourth-order valence-corrected chi connectivity index (χ4v) is 4.71. The highest BCUT2D eigenvalue weighted by Crippen LogP contribution is 2.32. The van der Waals surface area contributed by atoms with Gasteiger partial charge in [0.15, 0.2) is 0 Å². The molecule has 2 aromatic rings. The third-order valence-corrected chi connectivity index (χ3v) is 6.11. The molecule has 5 nitrogen and oxygen atoms in total. The van der Waals surface area contributed by atoms with Crippen LogP contribution in [0.15, 0.2) is 29.6 Å². The molecule has 2 amide bonds. The number of likely N-dealkylation sites (N-methyl/N-ethyl adjacent to an activating group) is 1. The Kier molecular flexibility index (Phi) is 4.48. The molecule has 0 spiro atoms. The first kappa shape index (κ1) is 17.1. The van der Waals surface area contributed by atoms with Gasteiger partial charge in [-0.2, -0.15) is 0 Å². The lowest BCUT2D eigenvalue weighted by Gasteiger charge is -2.35. The van der Waals surface area contributed by atoms with Crippen molar-refractivity contribution in [3.8, 4) is 0 Å². The van der Waals surface area contributed by atoms with Crippen molar-refractivity contribution in [1.82, 2.24) is 14.8 Å². The van der Waals surface area contributed by atoms with Gasteiger partial charge in [0, 0.05) is 31.9 Å². The fraction of sp³-hybridized carbons (Fsp3) is 0.421. The van der Waals surface area contributed by atoms with E-state index in [9.17, 15) is 14.0 Å². The van der Waals surface area contributed by atoms with Gasteiger partial charge in [-0.1, -0.05) is 18.2 Å². The fourth-order valence-electron chi connectivity index (χ4n) is 3.92. The molecule has 2 fully saturated rings. The van der Waals surface area contributed by atoms with E-state index in [-0.39, 0.29) is 29.6 Å². The van der Waals surface area contributed by atoms with Crippen LogP contribution in [-0.2, 0) is 11.2 Å². The normalized spacial score (nSPS) is 22.6. The lowest BCUT2D eigenvalue weighted by atomic mass is 9.91. The smallest absolute Gasteiger partial charge is 0.273 e. The Morgan fingerprint density at radius 1 is 1.38 bits per heavy atom. The summed E-state index contributed by atoms with van der Waals surface area (Å²) in [5.74, 6) is -0.346. The van der Waals surface area contributed by atoms with Crippen LogP contribution >= 0.6 is 11.3 Å². The summed E-state index contributed by atoms with van der Waals surface area (Å²) < 4.78 is 13.8. The van der Waals surface area contributed by atoms with Crippen molar-refractivity contribution in [2.24, 2.45) is 5.92 Å². The van der Waals surface area contributed by atoms with Gasteiger partial charge >= 0.3 is 0 Å². The van der Waals surface area contributed by atoms with Crippen LogP contribution in [0.4, 0.5) is 4.39 Å². The summed E-state index contributed by atoms with van der Waals surface area (Å²) >= 11 is 1.37. The van der Waals surface area contributed by atoms with Gasteiger partial charge < -0.3 is 9.80 Å². The number of likely N-dealkylation sites (tertiary alicyclic amines) is 2. The van der Waals surface area contributed by atoms with Crippen LogP contribution in [0.2, 0.25) is 0 Å². The molecule has 4 rings (SSSR count). The highest BCUT2D eigenvalue weighted by Gasteiger charge is 2.45. The second-order valence-electron chi connectivity index (χ2n) is 6.93. The van der Waals surface area contributed by atoms with Crippen molar-refractivity contribution in [3.05, 3.63) is 51.7 Å². The first-order chi connectivity index (χ1) is 12.5. The van der Waals surface area contributed by atoms with Crippen molar-refractivity contribution in [2.45, 2.75) is 25.3 Å². The first-order valence-electron chi connectivity index (χ1n) is 8.78. The molecule has 3 heterocycles. The minimum absolute atomic E-state index is 0.0644. The quantitative estimate of drug-likeness (QED) is 0.831. The predicted molar refractivity (Wildman–Crippen MR) is 96.5 cm³/mol. The van der Waals surface area contributed by atoms with Gasteiger partial charge in [-0.15, -0.1) is 11.3 Å². The average Bonchev–Trinajstić information content (AvgIpc) is 3.22. The van der Waals surface area contributed by atoms with Crippen molar-refractivity contribution < 1.29 is 14.0 Å². The van der Waals surface area contributed by atoms with Crippen LogP contribution < -0.4 is 0 Å². The topological polar surface area (TPSA) is 53.5 Å². The number of nitrogens with zero attached hydrogens (tertiary/aromatic N) is 3. The van der Waals surface area contributed by atoms with Gasteiger partial charge in [-0.25, -0.2) is 9.37 Å². The minimum atomic E-state index is -0.262. The second kappa shape index (κ2) is 6.79. The molecule has 2 aliphatic rings. The van der Waals surface area contributed by atoms with Crippen molar-refractivity contribution in [1.29, 1.82) is 0 Å². The van der Waals surface area contributed by atoms with Gasteiger partial charge in [-0.3, -0.25) is 9.59 Å². The summed E-state index contributed by atoms with van der Waals surface area (Å²) in [7, 11) is 1.79. The van der Waals surface area contributed by atoms with Gasteiger partial charge in [0.25, 0.3) is 5.91 Å². The number of piperidine rings is 1. The molecule has 0 bridgehead atoms. The number of amides is 2. The van der Waals surface area contributed by atoms with E-state index in [0.717, 1.165) is 12.8 Å². The maximum absolute atomic E-state index is 13.8. The summed E-state index contributed by atoms with van der Waals surface area (Å²) in [5, 5.41) is 2.45. The lowest BCUT2D eigenvalue weighted by Crippen LogP contribution is -2.48. The van der Waals surface area contributed by atoms with Crippen LogP contribution in [0.3, 0.4) is 0 Å². The van der Waals surface area contributed by atoms with E-state index in [4.69, 9.17) is 0 Å². The molecular formula is C19H20FN3O2S. The Morgan fingerprint density at radius 2 is 2.19 bits per heavy atom. The van der Waals surface area contributed by atoms with E-state index in [0.29, 0.717) is 35.8 Å². The molecule has 7 heteroatoms. The molecule has 1 aromatic carbocycles. The third kappa shape index (κ3) is 3.00. The van der Waals surface area contributed by atoms with Gasteiger partial charge in [-0.05, 0) is 24.5 Å². The predicted octanol–water partition coefficient (Wildman–Crippen LogP) is 2.57. The molecule has 1 aromatic heterocycles. The number of aromatic nitrogens is 1. The summed E-state index contributed by atoms with van der Waals surface area (Å²) in [6, 6.07) is 6.54. The third-order valence-electron chi connectivity index (χ3n) is 5.26. The summed E-state index contributed by atoms with van der Waals surface area (Å²) in [4.78, 5) is 33.1. The van der Waals surface area contributed by atoms with Crippen LogP contribution in [0.1, 0.15) is 33.9 Å². The maximum atomic E-state index is 13.8. The molecule has 0 radical (unpaired) electrons. The van der Waals surface area contributed by atoms with Gasteiger partial charge in [0.2, 0.25) is 5.91 Å². The molecule has 2 aliphatic heterocycles. The molecular weight excluding hydrogens is 353 g/mol. The number of halogens is 1. The van der Waals surface area contributed by atoms with Crippen molar-refractivity contribution in [3.63, 3.8) is 0 Å². The molecule has 0 unspecified atom stereocenters. The minimum Gasteiger partial charge on any atom is -0.343 e. The van der Waals surface area contributed by atoms with Crippen molar-refractivity contribution >= 4 is 23.2 Å². The number of thiazole rings is 1. The number of rotatable bonds is 3. The van der Waals surface area contributed by atoms with Crippen molar-refractivity contribution in [2.75, 3.05) is 20.1 Å². The monoisotopic (exact) mass is 373 g/mol. The highest BCUT2D eigenvalue weighted by atomic mass is 32.1. The summed E-state index contributed by atoms with van der Waals surface area (Å²) in [6.45, 7) is 1.24. The molecule has 136 valence electrons. The number of benzene rings is 1. The van der Waals surface area contributed by atoms with Gasteiger partial charge in [0.05, 0.1) is 17.0 Å². The Hall–Kier alpha value is -2.28. The molecule has 2 saturated heterocycles. The number of carbonyl (C=O) groups excluding carboxylic acids is 2. The van der Waals surface area contributed by atoms with Gasteiger partial charge in [0.1, 0.15) is 11.5 Å². The Bertz CT molecular complexity index is 853. The highest BCUT2D eigenvalue weighted by molar-refractivity contribution is 7.09. The SMILES string of the molecule is CN1C[C@@H]2[C@@H](CCCN2C(=O)c2csc(Cc3ccccc3F)n2)C1=O. The molecule has 2 atom stereocenters. The van der Waals surface area contributed by atoms with E-state index in [1.165, 1.54) is 17.4 Å².